The highest BCUT2D eigenvalue weighted by Crippen LogP contribution is 2.45. The molecule has 0 unspecified atom stereocenters. The van der Waals surface area contributed by atoms with E-state index < -0.39 is 36.0 Å². The molecule has 0 aliphatic rings. The maximum Gasteiger partial charge on any atom is 0.416 e. The Bertz CT molecular complexity index is 1880. The molecule has 0 bridgehead atoms. The lowest BCUT2D eigenvalue weighted by Gasteiger charge is -2.27. The van der Waals surface area contributed by atoms with Crippen LogP contribution in [0.5, 0.6) is 23.0 Å². The fourth-order valence-electron chi connectivity index (χ4n) is 5.86. The number of carboxylic acids is 1. The van der Waals surface area contributed by atoms with Crippen LogP contribution >= 0.6 is 0 Å². The molecule has 1 aromatic heterocycles. The molecule has 0 aliphatic carbocycles. The predicted octanol–water partition coefficient (Wildman–Crippen LogP) is 9.90. The van der Waals surface area contributed by atoms with Gasteiger partial charge in [-0.25, -0.2) is 9.97 Å². The number of carbonyl (C=O) groups is 1. The fourth-order valence-corrected chi connectivity index (χ4v) is 5.86. The molecular formula is C39H43F6N3O6. The Kier molecular flexibility index (Phi) is 13.3. The summed E-state index contributed by atoms with van der Waals surface area (Å²) in [4.78, 5) is 21.0. The second kappa shape index (κ2) is 17.3. The average molecular weight is 764 g/mol. The van der Waals surface area contributed by atoms with Crippen molar-refractivity contribution >= 4 is 11.9 Å². The molecule has 292 valence electrons. The van der Waals surface area contributed by atoms with Gasteiger partial charge in [-0.15, -0.1) is 0 Å². The van der Waals surface area contributed by atoms with Crippen LogP contribution in [0.2, 0.25) is 0 Å². The minimum atomic E-state index is -5.06. The summed E-state index contributed by atoms with van der Waals surface area (Å²) in [5.41, 5.74) is 0.578. The number of halogens is 6. The Morgan fingerprint density at radius 1 is 0.759 bits per heavy atom. The highest BCUT2D eigenvalue weighted by molar-refractivity contribution is 5.79. The topological polar surface area (TPSA) is 103 Å². The first kappa shape index (κ1) is 41.5. The van der Waals surface area contributed by atoms with E-state index in [1.54, 1.807) is 19.2 Å². The van der Waals surface area contributed by atoms with E-state index in [1.807, 2.05) is 33.8 Å². The molecule has 3 aromatic carbocycles. The molecule has 9 nitrogen and oxygen atoms in total. The highest BCUT2D eigenvalue weighted by Gasteiger charge is 2.37. The van der Waals surface area contributed by atoms with Gasteiger partial charge in [0.2, 0.25) is 5.95 Å². The van der Waals surface area contributed by atoms with Crippen LogP contribution in [0.3, 0.4) is 0 Å². The summed E-state index contributed by atoms with van der Waals surface area (Å²) in [6.45, 7) is 7.61. The van der Waals surface area contributed by atoms with Crippen molar-refractivity contribution < 1.29 is 55.2 Å². The van der Waals surface area contributed by atoms with Crippen LogP contribution < -0.4 is 23.8 Å². The van der Waals surface area contributed by atoms with Crippen LogP contribution in [0.25, 0.3) is 11.1 Å². The lowest BCUT2D eigenvalue weighted by molar-refractivity contribution is -0.143. The van der Waals surface area contributed by atoms with Crippen molar-refractivity contribution in [3.63, 3.8) is 0 Å². The maximum absolute atomic E-state index is 13.9. The quantitative estimate of drug-likeness (QED) is 0.0883. The van der Waals surface area contributed by atoms with Gasteiger partial charge in [0, 0.05) is 25.1 Å². The van der Waals surface area contributed by atoms with Gasteiger partial charge in [-0.05, 0) is 82.5 Å². The number of methoxy groups -OCH3 is 3. The highest BCUT2D eigenvalue weighted by atomic mass is 19.4. The van der Waals surface area contributed by atoms with E-state index in [0.29, 0.717) is 46.1 Å². The summed E-state index contributed by atoms with van der Waals surface area (Å²) in [5.74, 6) is 0.614. The van der Waals surface area contributed by atoms with Gasteiger partial charge in [-0.3, -0.25) is 4.79 Å². The van der Waals surface area contributed by atoms with Crippen molar-refractivity contribution in [3.05, 3.63) is 88.2 Å². The van der Waals surface area contributed by atoms with Crippen LogP contribution in [0.1, 0.15) is 85.8 Å². The van der Waals surface area contributed by atoms with Gasteiger partial charge in [-0.1, -0.05) is 33.8 Å². The monoisotopic (exact) mass is 763 g/mol. The zero-order chi connectivity index (χ0) is 40.0. The third-order valence-electron chi connectivity index (χ3n) is 8.62. The smallest absolute Gasteiger partial charge is 0.416 e. The molecule has 0 saturated carbocycles. The minimum absolute atomic E-state index is 0.0367. The summed E-state index contributed by atoms with van der Waals surface area (Å²) >= 11 is 0. The van der Waals surface area contributed by atoms with E-state index >= 15 is 0 Å². The van der Waals surface area contributed by atoms with Gasteiger partial charge < -0.3 is 29.0 Å². The standard InChI is InChI=1S/C39H43F6N3O6/c1-22(2)25-13-30(23(3)4)36(53-7)32(14-25)31-17-34(52-6)33(51-5)15-26(31)21-48(37-46-18-29(19-47-37)54-10-8-9-35(49)50)20-24-11-27(38(40,41)42)16-28(12-24)39(43,44)45/h11-19,22-23H,8-10,20-21H2,1-7H3,(H,49,50). The van der Waals surface area contributed by atoms with Gasteiger partial charge >= 0.3 is 18.3 Å². The number of hydrogen-bond donors (Lipinski definition) is 1. The number of nitrogens with zero attached hydrogens (tertiary/aromatic N) is 3. The summed E-state index contributed by atoms with van der Waals surface area (Å²) in [6.07, 6.45) is -7.44. The Hall–Kier alpha value is -5.21. The first-order chi connectivity index (χ1) is 25.4. The molecule has 54 heavy (non-hydrogen) atoms. The number of aliphatic carboxylic acids is 1. The zero-order valence-electron chi connectivity index (χ0n) is 31.0. The van der Waals surface area contributed by atoms with Crippen molar-refractivity contribution in [2.75, 3.05) is 32.8 Å². The van der Waals surface area contributed by atoms with Gasteiger partial charge in [0.25, 0.3) is 0 Å². The summed E-state index contributed by atoms with van der Waals surface area (Å²) in [7, 11) is 4.47. The molecular weight excluding hydrogens is 720 g/mol. The Balaban J connectivity index is 1.94. The SMILES string of the molecule is COc1cc(CN(Cc2cc(C(F)(F)F)cc(C(F)(F)F)c2)c2ncc(OCCCC(=O)O)cn2)c(-c2cc(C(C)C)cc(C(C)C)c2OC)cc1OC. The van der Waals surface area contributed by atoms with Crippen molar-refractivity contribution in [2.24, 2.45) is 0 Å². The molecule has 0 aliphatic heterocycles. The molecule has 4 aromatic rings. The lowest BCUT2D eigenvalue weighted by Crippen LogP contribution is -2.25. The molecule has 1 heterocycles. The Labute approximate surface area is 309 Å². The molecule has 0 atom stereocenters. The van der Waals surface area contributed by atoms with E-state index in [9.17, 15) is 31.1 Å². The first-order valence-electron chi connectivity index (χ1n) is 17.0. The fraction of sp³-hybridized carbons (Fsp3) is 0.410. The molecule has 1 N–H and O–H groups in total. The number of carboxylic acid groups (broad SMARTS) is 1. The maximum atomic E-state index is 13.9. The van der Waals surface area contributed by atoms with E-state index in [0.717, 1.165) is 11.1 Å². The summed E-state index contributed by atoms with van der Waals surface area (Å²) in [6, 6.07) is 8.91. The first-order valence-corrected chi connectivity index (χ1v) is 17.0. The van der Waals surface area contributed by atoms with E-state index in [1.165, 1.54) is 31.5 Å². The number of aromatic nitrogens is 2. The molecule has 4 rings (SSSR count). The van der Waals surface area contributed by atoms with E-state index in [4.69, 9.17) is 24.1 Å². The van der Waals surface area contributed by atoms with Crippen molar-refractivity contribution in [3.8, 4) is 34.1 Å². The molecule has 0 radical (unpaired) electrons. The van der Waals surface area contributed by atoms with E-state index in [-0.39, 0.29) is 61.2 Å². The summed E-state index contributed by atoms with van der Waals surface area (Å²) in [5, 5.41) is 8.90. The normalized spacial score (nSPS) is 11.9. The third-order valence-corrected chi connectivity index (χ3v) is 8.62. The number of alkyl halides is 6. The van der Waals surface area contributed by atoms with Crippen LogP contribution in [-0.2, 0) is 30.2 Å². The van der Waals surface area contributed by atoms with Crippen LogP contribution in [0.4, 0.5) is 32.3 Å². The Morgan fingerprint density at radius 2 is 1.35 bits per heavy atom. The largest absolute Gasteiger partial charge is 0.496 e. The lowest BCUT2D eigenvalue weighted by atomic mass is 9.88. The number of ether oxygens (including phenoxy) is 4. The Morgan fingerprint density at radius 3 is 1.85 bits per heavy atom. The summed E-state index contributed by atoms with van der Waals surface area (Å²) < 4.78 is 106. The predicted molar refractivity (Wildman–Crippen MR) is 190 cm³/mol. The van der Waals surface area contributed by atoms with Crippen LogP contribution in [-0.4, -0.2) is 49.0 Å². The number of hydrogen-bond acceptors (Lipinski definition) is 8. The number of rotatable bonds is 16. The zero-order valence-corrected chi connectivity index (χ0v) is 31.0. The second-order valence-corrected chi connectivity index (χ2v) is 13.2. The van der Waals surface area contributed by atoms with E-state index in [2.05, 4.69) is 16.0 Å². The minimum Gasteiger partial charge on any atom is -0.496 e. The van der Waals surface area contributed by atoms with Gasteiger partial charge in [0.15, 0.2) is 17.2 Å². The average Bonchev–Trinajstić information content (AvgIpc) is 3.11. The molecule has 15 heteroatoms. The molecule has 0 amide bonds. The molecule has 0 spiro atoms. The van der Waals surface area contributed by atoms with Crippen LogP contribution in [0.15, 0.2) is 54.9 Å². The van der Waals surface area contributed by atoms with Gasteiger partial charge in [-0.2, -0.15) is 26.3 Å². The molecule has 0 saturated heterocycles. The second-order valence-electron chi connectivity index (χ2n) is 13.2. The van der Waals surface area contributed by atoms with Crippen molar-refractivity contribution in [1.29, 1.82) is 0 Å². The van der Waals surface area contributed by atoms with Crippen LogP contribution in [0, 0.1) is 0 Å². The number of anilines is 1. The van der Waals surface area contributed by atoms with Gasteiger partial charge in [0.05, 0.1) is 51.5 Å². The van der Waals surface area contributed by atoms with Crippen molar-refractivity contribution in [2.45, 2.75) is 77.8 Å². The third kappa shape index (κ3) is 10.3. The van der Waals surface area contributed by atoms with Gasteiger partial charge in [0.1, 0.15) is 5.75 Å². The number of benzene rings is 3. The van der Waals surface area contributed by atoms with Crippen molar-refractivity contribution in [1.82, 2.24) is 9.97 Å². The molecule has 0 fully saturated rings.